The van der Waals surface area contributed by atoms with Crippen LogP contribution in [0.3, 0.4) is 0 Å². The lowest BCUT2D eigenvalue weighted by Gasteiger charge is -2.19. The van der Waals surface area contributed by atoms with Gasteiger partial charge in [-0.15, -0.1) is 0 Å². The molecule has 0 bridgehead atoms. The minimum atomic E-state index is -1.21. The molecule has 3 unspecified atom stereocenters. The van der Waals surface area contributed by atoms with Crippen molar-refractivity contribution in [1.29, 1.82) is 0 Å². The summed E-state index contributed by atoms with van der Waals surface area (Å²) in [5.74, 6) is 0.550. The van der Waals surface area contributed by atoms with E-state index < -0.39 is 24.9 Å². The van der Waals surface area contributed by atoms with Gasteiger partial charge in [-0.2, -0.15) is 0 Å². The molecule has 4 N–H and O–H groups in total. The molecule has 0 amide bonds. The van der Waals surface area contributed by atoms with Crippen molar-refractivity contribution in [2.75, 3.05) is 19.0 Å². The van der Waals surface area contributed by atoms with Crippen molar-refractivity contribution >= 4 is 28.6 Å². The molecule has 9 heteroatoms. The van der Waals surface area contributed by atoms with Crippen molar-refractivity contribution in [3.05, 3.63) is 23.3 Å². The Balaban J connectivity index is 2.15. The molecule has 0 spiro atoms. The molecule has 21 heavy (non-hydrogen) atoms. The standard InChI is InChI=1S/C12H14ClN5O3/c1-14-11-7-12(16-3-15-11)18(4-17-7)8-6(13)5(2-19)9(20)10(8)21/h3-4,8-10,19-21H,2H2,1H3,(H,14,15,16). The van der Waals surface area contributed by atoms with E-state index in [1.54, 1.807) is 11.6 Å². The van der Waals surface area contributed by atoms with E-state index in [2.05, 4.69) is 20.3 Å². The van der Waals surface area contributed by atoms with Crippen LogP contribution in [-0.4, -0.2) is 60.7 Å². The van der Waals surface area contributed by atoms with Crippen molar-refractivity contribution in [3.63, 3.8) is 0 Å². The van der Waals surface area contributed by atoms with Gasteiger partial charge >= 0.3 is 0 Å². The largest absolute Gasteiger partial charge is 0.392 e. The highest BCUT2D eigenvalue weighted by Crippen LogP contribution is 2.40. The van der Waals surface area contributed by atoms with Crippen LogP contribution in [0.2, 0.25) is 0 Å². The lowest BCUT2D eigenvalue weighted by Crippen LogP contribution is -2.30. The molecule has 1 aliphatic rings. The Morgan fingerprint density at radius 2 is 2.10 bits per heavy atom. The number of nitrogens with zero attached hydrogens (tertiary/aromatic N) is 4. The predicted molar refractivity (Wildman–Crippen MR) is 75.9 cm³/mol. The monoisotopic (exact) mass is 311 g/mol. The molecule has 112 valence electrons. The van der Waals surface area contributed by atoms with Crippen molar-refractivity contribution in [2.24, 2.45) is 0 Å². The normalized spacial score (nSPS) is 25.9. The van der Waals surface area contributed by atoms with Crippen LogP contribution in [0.4, 0.5) is 5.82 Å². The van der Waals surface area contributed by atoms with Crippen LogP contribution in [0.5, 0.6) is 0 Å². The first-order chi connectivity index (χ1) is 10.1. The summed E-state index contributed by atoms with van der Waals surface area (Å²) in [7, 11) is 1.71. The van der Waals surface area contributed by atoms with E-state index in [4.69, 9.17) is 11.6 Å². The van der Waals surface area contributed by atoms with E-state index in [0.717, 1.165) is 0 Å². The first kappa shape index (κ1) is 14.2. The topological polar surface area (TPSA) is 116 Å². The van der Waals surface area contributed by atoms with E-state index in [1.807, 2.05) is 0 Å². The molecular weight excluding hydrogens is 298 g/mol. The summed E-state index contributed by atoms with van der Waals surface area (Å²) in [6.07, 6.45) is 0.457. The SMILES string of the molecule is CNc1ncnc2c1ncn2C1C(Cl)=C(CO)C(O)C1O. The van der Waals surface area contributed by atoms with E-state index in [0.29, 0.717) is 17.0 Å². The maximum absolute atomic E-state index is 10.2. The van der Waals surface area contributed by atoms with Crippen LogP contribution in [0.1, 0.15) is 6.04 Å². The zero-order valence-corrected chi connectivity index (χ0v) is 11.9. The first-order valence-corrected chi connectivity index (χ1v) is 6.68. The van der Waals surface area contributed by atoms with Gasteiger partial charge in [0.25, 0.3) is 0 Å². The van der Waals surface area contributed by atoms with Gasteiger partial charge in [0.15, 0.2) is 11.5 Å². The zero-order valence-electron chi connectivity index (χ0n) is 11.1. The van der Waals surface area contributed by atoms with Gasteiger partial charge in [0, 0.05) is 17.7 Å². The lowest BCUT2D eigenvalue weighted by molar-refractivity contribution is 0.0284. The molecule has 0 radical (unpaired) electrons. The minimum absolute atomic E-state index is 0.196. The maximum atomic E-state index is 10.2. The Labute approximate surface area is 124 Å². The molecule has 3 atom stereocenters. The number of halogens is 1. The molecule has 1 aliphatic carbocycles. The van der Waals surface area contributed by atoms with Gasteiger partial charge in [-0.1, -0.05) is 11.6 Å². The first-order valence-electron chi connectivity index (χ1n) is 6.30. The zero-order chi connectivity index (χ0) is 15.1. The quantitative estimate of drug-likeness (QED) is 0.611. The van der Waals surface area contributed by atoms with Gasteiger partial charge in [-0.05, 0) is 0 Å². The number of aromatic nitrogens is 4. The number of hydrogen-bond acceptors (Lipinski definition) is 7. The highest BCUT2D eigenvalue weighted by Gasteiger charge is 2.41. The van der Waals surface area contributed by atoms with Gasteiger partial charge in [-0.3, -0.25) is 0 Å². The lowest BCUT2D eigenvalue weighted by atomic mass is 10.1. The van der Waals surface area contributed by atoms with E-state index in [1.165, 1.54) is 12.7 Å². The summed E-state index contributed by atoms with van der Waals surface area (Å²) in [5, 5.41) is 32.5. The molecule has 8 nitrogen and oxygen atoms in total. The second kappa shape index (κ2) is 5.23. The van der Waals surface area contributed by atoms with Crippen LogP contribution in [0.15, 0.2) is 23.3 Å². The van der Waals surface area contributed by atoms with Crippen LogP contribution in [-0.2, 0) is 0 Å². The molecule has 2 heterocycles. The molecule has 2 aromatic heterocycles. The third-order valence-corrected chi connectivity index (χ3v) is 4.10. The maximum Gasteiger partial charge on any atom is 0.166 e. The van der Waals surface area contributed by atoms with Crippen molar-refractivity contribution < 1.29 is 15.3 Å². The third-order valence-electron chi connectivity index (χ3n) is 3.64. The molecule has 0 saturated heterocycles. The molecule has 0 aromatic carbocycles. The Morgan fingerprint density at radius 1 is 1.33 bits per heavy atom. The van der Waals surface area contributed by atoms with Crippen LogP contribution >= 0.6 is 11.6 Å². The molecule has 3 rings (SSSR count). The highest BCUT2D eigenvalue weighted by atomic mass is 35.5. The number of rotatable bonds is 3. The third kappa shape index (κ3) is 1.99. The van der Waals surface area contributed by atoms with Crippen molar-refractivity contribution in [1.82, 2.24) is 19.5 Å². The average molecular weight is 312 g/mol. The predicted octanol–water partition coefficient (Wildman–Crippen LogP) is -0.370. The summed E-state index contributed by atoms with van der Waals surface area (Å²) in [6.45, 7) is -0.420. The Hall–Kier alpha value is -1.74. The van der Waals surface area contributed by atoms with Gasteiger partial charge in [-0.25, -0.2) is 15.0 Å². The fraction of sp³-hybridized carbons (Fsp3) is 0.417. The number of nitrogens with one attached hydrogen (secondary N) is 1. The van der Waals surface area contributed by atoms with E-state index in [-0.39, 0.29) is 10.6 Å². The Bertz CT molecular complexity index is 716. The second-order valence-electron chi connectivity index (χ2n) is 4.71. The van der Waals surface area contributed by atoms with Gasteiger partial charge in [0.1, 0.15) is 30.1 Å². The summed E-state index contributed by atoms with van der Waals surface area (Å²) in [5.41, 5.74) is 1.21. The van der Waals surface area contributed by atoms with E-state index >= 15 is 0 Å². The Kier molecular flexibility index (Phi) is 3.54. The summed E-state index contributed by atoms with van der Waals surface area (Å²) in [4.78, 5) is 12.4. The van der Waals surface area contributed by atoms with Crippen LogP contribution < -0.4 is 5.32 Å². The average Bonchev–Trinajstić information content (AvgIpc) is 2.99. The molecule has 0 saturated carbocycles. The van der Waals surface area contributed by atoms with Gasteiger partial charge in [0.05, 0.1) is 12.9 Å². The number of aliphatic hydroxyl groups is 3. The molecule has 0 aliphatic heterocycles. The van der Waals surface area contributed by atoms with E-state index in [9.17, 15) is 15.3 Å². The van der Waals surface area contributed by atoms with Crippen LogP contribution in [0, 0.1) is 0 Å². The van der Waals surface area contributed by atoms with Gasteiger partial charge in [0.2, 0.25) is 0 Å². The number of aliphatic hydroxyl groups excluding tert-OH is 3. The summed E-state index contributed by atoms with van der Waals surface area (Å²) >= 11 is 6.19. The molecule has 2 aromatic rings. The molecular formula is C12H14ClN5O3. The molecule has 0 fully saturated rings. The number of anilines is 1. The van der Waals surface area contributed by atoms with Crippen molar-refractivity contribution in [3.8, 4) is 0 Å². The fourth-order valence-electron chi connectivity index (χ4n) is 2.55. The summed E-state index contributed by atoms with van der Waals surface area (Å²) < 4.78 is 1.57. The number of hydrogen-bond donors (Lipinski definition) is 4. The van der Waals surface area contributed by atoms with Crippen LogP contribution in [0.25, 0.3) is 11.2 Å². The minimum Gasteiger partial charge on any atom is -0.392 e. The Morgan fingerprint density at radius 3 is 2.71 bits per heavy atom. The second-order valence-corrected chi connectivity index (χ2v) is 5.12. The number of imidazole rings is 1. The van der Waals surface area contributed by atoms with Crippen molar-refractivity contribution in [2.45, 2.75) is 18.2 Å². The highest BCUT2D eigenvalue weighted by molar-refractivity contribution is 6.31. The number of fused-ring (bicyclic) bond motifs is 1. The smallest absolute Gasteiger partial charge is 0.166 e. The fourth-order valence-corrected chi connectivity index (χ4v) is 2.96. The van der Waals surface area contributed by atoms with Gasteiger partial charge < -0.3 is 25.2 Å². The summed E-state index contributed by atoms with van der Waals surface area (Å²) in [6, 6.07) is -0.742.